The number of rotatable bonds is 6. The minimum atomic E-state index is 1.08. The van der Waals surface area contributed by atoms with E-state index in [1.165, 1.54) is 16.7 Å². The fourth-order valence-electron chi connectivity index (χ4n) is 1.53. The summed E-state index contributed by atoms with van der Waals surface area (Å²) in [5, 5.41) is 0. The van der Waals surface area contributed by atoms with Crippen LogP contribution in [0, 0.1) is 0 Å². The minimum Gasteiger partial charge on any atom is -0.269 e. The van der Waals surface area contributed by atoms with Crippen LogP contribution >= 0.6 is 0 Å². The van der Waals surface area contributed by atoms with Crippen LogP contribution in [0.1, 0.15) is 47.5 Å². The Labute approximate surface area is 106 Å². The molecule has 0 spiro atoms. The molecule has 1 heteroatoms. The number of hydrogen-bond acceptors (Lipinski definition) is 1. The first-order valence-electron chi connectivity index (χ1n) is 6.34. The molecule has 0 radical (unpaired) electrons. The molecule has 0 aromatic heterocycles. The van der Waals surface area contributed by atoms with Crippen molar-refractivity contribution in [2.24, 2.45) is 4.99 Å². The van der Waals surface area contributed by atoms with Gasteiger partial charge in [0.05, 0.1) is 0 Å². The summed E-state index contributed by atoms with van der Waals surface area (Å²) in [5.41, 5.74) is 3.87. The van der Waals surface area contributed by atoms with Gasteiger partial charge in [0.2, 0.25) is 0 Å². The Bertz CT molecular complexity index is 352. The zero-order valence-electron chi connectivity index (χ0n) is 11.8. The molecule has 0 aromatic rings. The molecule has 0 aliphatic carbocycles. The molecule has 1 nitrogen and oxygen atoms in total. The Hall–Kier alpha value is -1.37. The minimum absolute atomic E-state index is 1.08. The summed E-state index contributed by atoms with van der Waals surface area (Å²) in [6.45, 7) is 10.4. The summed E-state index contributed by atoms with van der Waals surface area (Å²) in [5.74, 6) is 0. The Morgan fingerprint density at radius 3 is 2.35 bits per heavy atom. The lowest BCUT2D eigenvalue weighted by atomic mass is 9.95. The van der Waals surface area contributed by atoms with Gasteiger partial charge in [0.25, 0.3) is 0 Å². The first kappa shape index (κ1) is 15.6. The van der Waals surface area contributed by atoms with Gasteiger partial charge in [-0.05, 0) is 50.8 Å². The van der Waals surface area contributed by atoms with Gasteiger partial charge in [-0.25, -0.2) is 0 Å². The molecule has 0 aromatic carbocycles. The van der Waals surface area contributed by atoms with Gasteiger partial charge in [0.1, 0.15) is 0 Å². The molecule has 0 heterocycles. The van der Waals surface area contributed by atoms with Gasteiger partial charge in [0, 0.05) is 12.4 Å². The third-order valence-electron chi connectivity index (χ3n) is 2.57. The third-order valence-corrected chi connectivity index (χ3v) is 2.57. The predicted octanol–water partition coefficient (Wildman–Crippen LogP) is 5.23. The van der Waals surface area contributed by atoms with Gasteiger partial charge in [-0.2, -0.15) is 0 Å². The number of hydrogen-bond donors (Lipinski definition) is 0. The lowest BCUT2D eigenvalue weighted by molar-refractivity contribution is 0.912. The van der Waals surface area contributed by atoms with Gasteiger partial charge in [-0.1, -0.05) is 37.6 Å². The summed E-state index contributed by atoms with van der Waals surface area (Å²) in [6.07, 6.45) is 14.5. The van der Waals surface area contributed by atoms with E-state index in [4.69, 9.17) is 0 Å². The molecular formula is C16H25N. The molecule has 0 fully saturated rings. The van der Waals surface area contributed by atoms with Crippen molar-refractivity contribution < 1.29 is 0 Å². The van der Waals surface area contributed by atoms with Crippen LogP contribution in [0.3, 0.4) is 0 Å². The van der Waals surface area contributed by atoms with Gasteiger partial charge in [0.15, 0.2) is 0 Å². The maximum Gasteiger partial charge on any atom is 0.0341 e. The van der Waals surface area contributed by atoms with Crippen LogP contribution in [0.5, 0.6) is 0 Å². The summed E-state index contributed by atoms with van der Waals surface area (Å²) in [4.78, 5) is 4.26. The maximum atomic E-state index is 4.26. The lowest BCUT2D eigenvalue weighted by Gasteiger charge is -2.11. The molecular weight excluding hydrogens is 206 g/mol. The van der Waals surface area contributed by atoms with E-state index < -0.39 is 0 Å². The van der Waals surface area contributed by atoms with E-state index >= 15 is 0 Å². The summed E-state index contributed by atoms with van der Waals surface area (Å²) in [6, 6.07) is 0. The van der Waals surface area contributed by atoms with Crippen molar-refractivity contribution >= 4 is 6.21 Å². The quantitative estimate of drug-likeness (QED) is 0.438. The van der Waals surface area contributed by atoms with Gasteiger partial charge in [-0.3, -0.25) is 4.99 Å². The molecule has 17 heavy (non-hydrogen) atoms. The summed E-state index contributed by atoms with van der Waals surface area (Å²) in [7, 11) is 0. The smallest absolute Gasteiger partial charge is 0.0341 e. The van der Waals surface area contributed by atoms with E-state index in [1.54, 1.807) is 0 Å². The van der Waals surface area contributed by atoms with Crippen molar-refractivity contribution in [2.45, 2.75) is 47.5 Å². The Morgan fingerprint density at radius 2 is 1.88 bits per heavy atom. The van der Waals surface area contributed by atoms with E-state index in [1.807, 2.05) is 26.3 Å². The van der Waals surface area contributed by atoms with Crippen molar-refractivity contribution in [3.05, 3.63) is 47.2 Å². The molecule has 0 atom stereocenters. The van der Waals surface area contributed by atoms with Gasteiger partial charge in [-0.15, -0.1) is 0 Å². The van der Waals surface area contributed by atoms with Crippen LogP contribution in [-0.2, 0) is 0 Å². The van der Waals surface area contributed by atoms with Crippen LogP contribution in [0.15, 0.2) is 52.2 Å². The van der Waals surface area contributed by atoms with Crippen molar-refractivity contribution in [1.82, 2.24) is 0 Å². The molecule has 0 bridgehead atoms. The largest absolute Gasteiger partial charge is 0.269 e. The molecule has 0 N–H and O–H groups in total. The van der Waals surface area contributed by atoms with Crippen LogP contribution in [0.25, 0.3) is 0 Å². The van der Waals surface area contributed by atoms with E-state index in [9.17, 15) is 0 Å². The van der Waals surface area contributed by atoms with Crippen molar-refractivity contribution in [2.75, 3.05) is 0 Å². The first-order chi connectivity index (χ1) is 8.21. The average Bonchev–Trinajstić information content (AvgIpc) is 2.35. The average molecular weight is 231 g/mol. The standard InChI is InChI=1S/C16H25N/c1-6-10-12-15(11-7-2)16(13-17-9-4)14(5)8-3/h6,8-10,12-13H,7,11H2,1-5H3/b10-6-,14-8-,15-12-,16-13+,17-9-. The molecule has 94 valence electrons. The van der Waals surface area contributed by atoms with Gasteiger partial charge < -0.3 is 0 Å². The van der Waals surface area contributed by atoms with Crippen molar-refractivity contribution in [3.8, 4) is 0 Å². The van der Waals surface area contributed by atoms with E-state index in [2.05, 4.69) is 50.1 Å². The number of nitrogens with zero attached hydrogens (tertiary/aromatic N) is 1. The maximum absolute atomic E-state index is 4.26. The fraction of sp³-hybridized carbons (Fsp3) is 0.438. The highest BCUT2D eigenvalue weighted by molar-refractivity contribution is 5.56. The van der Waals surface area contributed by atoms with Crippen LogP contribution in [0.4, 0.5) is 0 Å². The first-order valence-corrected chi connectivity index (χ1v) is 6.34. The molecule has 0 aliphatic rings. The predicted molar refractivity (Wildman–Crippen MR) is 79.5 cm³/mol. The molecule has 0 unspecified atom stereocenters. The zero-order chi connectivity index (χ0) is 13.1. The fourth-order valence-corrected chi connectivity index (χ4v) is 1.53. The Balaban J connectivity index is 5.36. The van der Waals surface area contributed by atoms with Crippen LogP contribution < -0.4 is 0 Å². The molecule has 0 rings (SSSR count). The SMILES string of the molecule is C/C=C\C=C(CCC)/C(=C/N=C\C)C(/C)=C\C. The van der Waals surface area contributed by atoms with E-state index in [-0.39, 0.29) is 0 Å². The lowest BCUT2D eigenvalue weighted by Crippen LogP contribution is -1.92. The second-order valence-electron chi connectivity index (χ2n) is 3.89. The summed E-state index contributed by atoms with van der Waals surface area (Å²) < 4.78 is 0. The highest BCUT2D eigenvalue weighted by atomic mass is 14.7. The van der Waals surface area contributed by atoms with Crippen molar-refractivity contribution in [1.29, 1.82) is 0 Å². The Kier molecular flexibility index (Phi) is 9.04. The van der Waals surface area contributed by atoms with Gasteiger partial charge >= 0.3 is 0 Å². The molecule has 0 amide bonds. The highest BCUT2D eigenvalue weighted by Gasteiger charge is 2.05. The Morgan fingerprint density at radius 1 is 1.18 bits per heavy atom. The second kappa shape index (κ2) is 9.83. The number of aliphatic imine (C=N–C) groups is 1. The topological polar surface area (TPSA) is 12.4 Å². The van der Waals surface area contributed by atoms with Crippen LogP contribution in [-0.4, -0.2) is 6.21 Å². The third kappa shape index (κ3) is 6.06. The monoisotopic (exact) mass is 231 g/mol. The summed E-state index contributed by atoms with van der Waals surface area (Å²) >= 11 is 0. The highest BCUT2D eigenvalue weighted by Crippen LogP contribution is 2.23. The van der Waals surface area contributed by atoms with E-state index in [0.29, 0.717) is 0 Å². The normalized spacial score (nSPS) is 15.2. The number of allylic oxidation sites excluding steroid dienone is 7. The zero-order valence-corrected chi connectivity index (χ0v) is 11.8. The molecule has 0 saturated heterocycles. The van der Waals surface area contributed by atoms with Crippen molar-refractivity contribution in [3.63, 3.8) is 0 Å². The van der Waals surface area contributed by atoms with Crippen LogP contribution in [0.2, 0.25) is 0 Å². The second-order valence-corrected chi connectivity index (χ2v) is 3.89. The molecule has 0 saturated carbocycles. The molecule has 0 aliphatic heterocycles. The van der Waals surface area contributed by atoms with E-state index in [0.717, 1.165) is 12.8 Å².